The summed E-state index contributed by atoms with van der Waals surface area (Å²) in [5.74, 6) is 0.534. The molecule has 0 saturated heterocycles. The van der Waals surface area contributed by atoms with Crippen LogP contribution in [0.4, 0.5) is 0 Å². The first-order valence-corrected chi connectivity index (χ1v) is 13.1. The fraction of sp³-hybridized carbons (Fsp3) is 0.419. The number of esters is 2. The van der Waals surface area contributed by atoms with Crippen LogP contribution >= 0.6 is 0 Å². The highest BCUT2D eigenvalue weighted by atomic mass is 16.6. The van der Waals surface area contributed by atoms with Crippen molar-refractivity contribution in [3.8, 4) is 11.5 Å². The van der Waals surface area contributed by atoms with Gasteiger partial charge in [-0.25, -0.2) is 4.79 Å². The molecule has 0 radical (unpaired) electrons. The van der Waals surface area contributed by atoms with Crippen LogP contribution in [0.5, 0.6) is 11.5 Å². The number of hydrogen-bond acceptors (Lipinski definition) is 6. The van der Waals surface area contributed by atoms with Crippen LogP contribution in [0, 0.1) is 0 Å². The van der Waals surface area contributed by atoms with E-state index < -0.39 is 5.97 Å². The number of rotatable bonds is 17. The molecule has 198 valence electrons. The van der Waals surface area contributed by atoms with Gasteiger partial charge in [-0.1, -0.05) is 43.9 Å². The fourth-order valence-electron chi connectivity index (χ4n) is 3.16. The normalized spacial score (nSPS) is 10.1. The van der Waals surface area contributed by atoms with Crippen LogP contribution in [0.15, 0.2) is 66.1 Å². The van der Waals surface area contributed by atoms with Crippen molar-refractivity contribution in [2.24, 2.45) is 0 Å². The maximum atomic E-state index is 12.4. The number of unbranched alkanes of at least 4 members (excludes halogenated alkanes) is 3. The van der Waals surface area contributed by atoms with Gasteiger partial charge in [0.2, 0.25) is 0 Å². The summed E-state index contributed by atoms with van der Waals surface area (Å²) in [4.78, 5) is 24.1. The average molecular weight is 507 g/mol. The van der Waals surface area contributed by atoms with Crippen molar-refractivity contribution in [3.63, 3.8) is 0 Å². The molecule has 2 rings (SSSR count). The van der Waals surface area contributed by atoms with E-state index in [2.05, 4.69) is 18.4 Å². The first-order valence-electron chi connectivity index (χ1n) is 13.1. The second-order valence-electron chi connectivity index (χ2n) is 8.40. The molecule has 0 unspecified atom stereocenters. The lowest BCUT2D eigenvalue weighted by Crippen LogP contribution is -2.10. The Kier molecular flexibility index (Phi) is 15.0. The van der Waals surface area contributed by atoms with E-state index in [4.69, 9.17) is 18.9 Å². The summed E-state index contributed by atoms with van der Waals surface area (Å²) in [5, 5.41) is 0. The highest BCUT2D eigenvalue weighted by Crippen LogP contribution is 2.17. The van der Waals surface area contributed by atoms with E-state index in [0.717, 1.165) is 44.1 Å². The van der Waals surface area contributed by atoms with E-state index in [9.17, 15) is 9.59 Å². The Balaban J connectivity index is 1.64. The molecule has 0 bridgehead atoms. The van der Waals surface area contributed by atoms with E-state index in [1.807, 2.05) is 31.2 Å². The monoisotopic (exact) mass is 506 g/mol. The van der Waals surface area contributed by atoms with E-state index in [1.54, 1.807) is 36.4 Å². The second kappa shape index (κ2) is 18.7. The van der Waals surface area contributed by atoms with Gasteiger partial charge in [0.25, 0.3) is 0 Å². The summed E-state index contributed by atoms with van der Waals surface area (Å²) in [6.07, 6.45) is 9.66. The minimum absolute atomic E-state index is 0.191. The van der Waals surface area contributed by atoms with Crippen molar-refractivity contribution in [1.82, 2.24) is 0 Å². The quantitative estimate of drug-likeness (QED) is 0.100. The lowest BCUT2D eigenvalue weighted by atomic mass is 10.2. The molecule has 0 aliphatic rings. The van der Waals surface area contributed by atoms with Crippen LogP contribution in [-0.4, -0.2) is 38.4 Å². The lowest BCUT2D eigenvalue weighted by molar-refractivity contribution is -0.145. The van der Waals surface area contributed by atoms with Crippen molar-refractivity contribution in [2.75, 3.05) is 26.4 Å². The maximum Gasteiger partial charge on any atom is 0.343 e. The zero-order chi connectivity index (χ0) is 26.6. The van der Waals surface area contributed by atoms with Crippen LogP contribution < -0.4 is 9.47 Å². The van der Waals surface area contributed by atoms with Crippen molar-refractivity contribution < 1.29 is 28.5 Å². The molecule has 0 spiro atoms. The predicted molar refractivity (Wildman–Crippen MR) is 145 cm³/mol. The number of allylic oxidation sites excluding steroid dienone is 1. The van der Waals surface area contributed by atoms with E-state index in [0.29, 0.717) is 49.9 Å². The van der Waals surface area contributed by atoms with Gasteiger partial charge in [-0.15, -0.1) is 0 Å². The molecule has 0 aliphatic heterocycles. The van der Waals surface area contributed by atoms with Gasteiger partial charge in [0.05, 0.1) is 18.8 Å². The first-order chi connectivity index (χ1) is 18.1. The van der Waals surface area contributed by atoms with Crippen molar-refractivity contribution in [2.45, 2.75) is 58.8 Å². The number of carbonyl (C=O) groups is 2. The Morgan fingerprint density at radius 2 is 1.54 bits per heavy atom. The molecule has 0 fully saturated rings. The van der Waals surface area contributed by atoms with Gasteiger partial charge in [-0.05, 0) is 86.2 Å². The SMILES string of the molecule is CCCC=C=C=Cc1ccc(OC(=O)c2ccc(OCCCCCC(=O)OCCOCCC)cc2)cc1. The molecule has 0 N–H and O–H groups in total. The number of ether oxygens (including phenoxy) is 4. The molecule has 0 saturated carbocycles. The predicted octanol–water partition coefficient (Wildman–Crippen LogP) is 6.94. The van der Waals surface area contributed by atoms with Gasteiger partial charge in [0.1, 0.15) is 18.1 Å². The van der Waals surface area contributed by atoms with Crippen LogP contribution in [0.3, 0.4) is 0 Å². The Labute approximate surface area is 220 Å². The average Bonchev–Trinajstić information content (AvgIpc) is 2.91. The van der Waals surface area contributed by atoms with Crippen LogP contribution in [0.2, 0.25) is 0 Å². The van der Waals surface area contributed by atoms with Gasteiger partial charge in [0.15, 0.2) is 0 Å². The van der Waals surface area contributed by atoms with Crippen LogP contribution in [-0.2, 0) is 14.3 Å². The minimum Gasteiger partial charge on any atom is -0.494 e. The van der Waals surface area contributed by atoms with E-state index >= 15 is 0 Å². The van der Waals surface area contributed by atoms with Gasteiger partial charge >= 0.3 is 11.9 Å². The van der Waals surface area contributed by atoms with E-state index in [1.165, 1.54) is 0 Å². The zero-order valence-electron chi connectivity index (χ0n) is 22.0. The highest BCUT2D eigenvalue weighted by molar-refractivity contribution is 5.91. The molecule has 0 aliphatic carbocycles. The summed E-state index contributed by atoms with van der Waals surface area (Å²) < 4.78 is 21.6. The molecular formula is C31H38O6. The third-order valence-corrected chi connectivity index (χ3v) is 5.17. The molecule has 0 heterocycles. The number of carbonyl (C=O) groups excluding carboxylic acids is 2. The third kappa shape index (κ3) is 13.4. The fourth-order valence-corrected chi connectivity index (χ4v) is 3.16. The topological polar surface area (TPSA) is 71.1 Å². The summed E-state index contributed by atoms with van der Waals surface area (Å²) in [5.41, 5.74) is 7.39. The third-order valence-electron chi connectivity index (χ3n) is 5.17. The smallest absolute Gasteiger partial charge is 0.343 e. The molecule has 2 aromatic carbocycles. The molecule has 37 heavy (non-hydrogen) atoms. The van der Waals surface area contributed by atoms with Gasteiger partial charge in [-0.2, -0.15) is 0 Å². The minimum atomic E-state index is -0.430. The van der Waals surface area contributed by atoms with Crippen LogP contribution in [0.25, 0.3) is 6.08 Å². The highest BCUT2D eigenvalue weighted by Gasteiger charge is 2.09. The Bertz CT molecular complexity index is 1030. The molecule has 6 heteroatoms. The van der Waals surface area contributed by atoms with Gasteiger partial charge < -0.3 is 18.9 Å². The number of hydrogen-bond donors (Lipinski definition) is 0. The zero-order valence-corrected chi connectivity index (χ0v) is 22.0. The Hall–Kier alpha value is -3.56. The molecule has 0 atom stereocenters. The molecular weight excluding hydrogens is 468 g/mol. The summed E-state index contributed by atoms with van der Waals surface area (Å²) in [7, 11) is 0. The van der Waals surface area contributed by atoms with Crippen molar-refractivity contribution >= 4 is 18.0 Å². The molecule has 0 amide bonds. The van der Waals surface area contributed by atoms with Gasteiger partial charge in [-0.3, -0.25) is 4.79 Å². The van der Waals surface area contributed by atoms with Crippen LogP contribution in [0.1, 0.15) is 74.7 Å². The van der Waals surface area contributed by atoms with E-state index in [-0.39, 0.29) is 5.97 Å². The molecule has 2 aromatic rings. The van der Waals surface area contributed by atoms with Crippen molar-refractivity contribution in [1.29, 1.82) is 0 Å². The molecule has 6 nitrogen and oxygen atoms in total. The first kappa shape index (κ1) is 29.7. The Morgan fingerprint density at radius 1 is 0.784 bits per heavy atom. The van der Waals surface area contributed by atoms with Crippen molar-refractivity contribution in [3.05, 3.63) is 77.2 Å². The standard InChI is InChI=1S/C31H38O6/c1-3-5-6-7-9-12-26-14-18-29(19-15-26)37-31(33)27-16-20-28(21-17-27)35-23-11-8-10-13-30(32)36-25-24-34-22-4-2/h6,12,14-21H,3-5,8,10-11,13,22-25H2,1-2H3. The van der Waals surface area contributed by atoms with Gasteiger partial charge in [0, 0.05) is 13.0 Å². The largest absolute Gasteiger partial charge is 0.494 e. The summed E-state index contributed by atoms with van der Waals surface area (Å²) in [6.45, 7) is 6.13. The lowest BCUT2D eigenvalue weighted by Gasteiger charge is -2.08. The summed E-state index contributed by atoms with van der Waals surface area (Å²) in [6, 6.07) is 14.1. The second-order valence-corrected chi connectivity index (χ2v) is 8.40. The summed E-state index contributed by atoms with van der Waals surface area (Å²) >= 11 is 0. The number of benzene rings is 2. The Morgan fingerprint density at radius 3 is 2.27 bits per heavy atom. The molecule has 0 aromatic heterocycles. The maximum absolute atomic E-state index is 12.4.